The molecule has 19 heavy (non-hydrogen) atoms. The number of nitrogens with zero attached hydrogens (tertiary/aromatic N) is 2. The average Bonchev–Trinajstić information content (AvgIpc) is 2.37. The fourth-order valence-corrected chi connectivity index (χ4v) is 1.47. The molecule has 104 valence electrons. The van der Waals surface area contributed by atoms with Gasteiger partial charge in [0.15, 0.2) is 6.20 Å². The molecule has 0 unspecified atom stereocenters. The van der Waals surface area contributed by atoms with Crippen molar-refractivity contribution in [1.82, 2.24) is 4.98 Å². The normalized spacial score (nSPS) is 10.4. The van der Waals surface area contributed by atoms with Gasteiger partial charge < -0.3 is 19.6 Å². The van der Waals surface area contributed by atoms with Crippen LogP contribution in [0.4, 0.5) is 14.6 Å². The van der Waals surface area contributed by atoms with E-state index < -0.39 is 40.9 Å². The molecule has 0 fully saturated rings. The summed E-state index contributed by atoms with van der Waals surface area (Å²) in [5.74, 6) is -1.97. The van der Waals surface area contributed by atoms with E-state index >= 15 is 0 Å². The van der Waals surface area contributed by atoms with Crippen LogP contribution in [0.5, 0.6) is 5.75 Å². The highest BCUT2D eigenvalue weighted by Gasteiger charge is 2.29. The van der Waals surface area contributed by atoms with E-state index in [9.17, 15) is 23.7 Å². The Hall–Kier alpha value is -2.32. The Labute approximate surface area is 106 Å². The van der Waals surface area contributed by atoms with Crippen LogP contribution in [0.3, 0.4) is 0 Å². The lowest BCUT2D eigenvalue weighted by atomic mass is 10.1. The van der Waals surface area contributed by atoms with Gasteiger partial charge >= 0.3 is 11.8 Å². The Morgan fingerprint density at radius 3 is 2.58 bits per heavy atom. The van der Waals surface area contributed by atoms with Gasteiger partial charge in [-0.2, -0.15) is 0 Å². The number of carbonyl (C=O) groups excluding carboxylic acids is 1. The predicted octanol–water partition coefficient (Wildman–Crippen LogP) is 1.65. The van der Waals surface area contributed by atoms with E-state index in [1.165, 1.54) is 0 Å². The van der Waals surface area contributed by atoms with Crippen molar-refractivity contribution in [3.63, 3.8) is 0 Å². The summed E-state index contributed by atoms with van der Waals surface area (Å²) in [6, 6.07) is 0. The summed E-state index contributed by atoms with van der Waals surface area (Å²) >= 11 is 0. The molecule has 7 nitrogen and oxygen atoms in total. The third-order valence-corrected chi connectivity index (χ3v) is 2.29. The van der Waals surface area contributed by atoms with Gasteiger partial charge in [0.2, 0.25) is 0 Å². The average molecular weight is 276 g/mol. The maximum Gasteiger partial charge on any atom is 0.370 e. The van der Waals surface area contributed by atoms with Crippen molar-refractivity contribution in [3.05, 3.63) is 27.4 Å². The van der Waals surface area contributed by atoms with Crippen LogP contribution >= 0.6 is 0 Å². The highest BCUT2D eigenvalue weighted by Crippen LogP contribution is 2.35. The molecule has 0 saturated heterocycles. The third kappa shape index (κ3) is 3.12. The van der Waals surface area contributed by atoms with Gasteiger partial charge in [-0.05, 0) is 9.91 Å². The number of aromatic nitrogens is 1. The first-order valence-electron chi connectivity index (χ1n) is 4.97. The van der Waals surface area contributed by atoms with Crippen LogP contribution in [-0.2, 0) is 16.0 Å². The number of carbonyl (C=O) groups is 1. The van der Waals surface area contributed by atoms with Crippen molar-refractivity contribution in [2.24, 2.45) is 0 Å². The van der Waals surface area contributed by atoms with Gasteiger partial charge in [-0.1, -0.05) is 0 Å². The number of hydrogen-bond acceptors (Lipinski definition) is 6. The molecule has 0 aliphatic heterocycles. The lowest BCUT2D eigenvalue weighted by Gasteiger charge is -2.11. The molecule has 1 rings (SSSR count). The standard InChI is InChI=1S/C10H10F2N2O5/c1-18-7(15)3-5-8(19-2)6(9(11)12)4-13-10(5)14(16)17/h4,9H,3H2,1-2H3. The number of methoxy groups -OCH3 is 2. The second kappa shape index (κ2) is 6.03. The Morgan fingerprint density at radius 2 is 2.16 bits per heavy atom. The van der Waals surface area contributed by atoms with Crippen molar-refractivity contribution >= 4 is 11.8 Å². The summed E-state index contributed by atoms with van der Waals surface area (Å²) in [6.45, 7) is 0. The summed E-state index contributed by atoms with van der Waals surface area (Å²) in [5, 5.41) is 10.8. The Bertz CT molecular complexity index is 507. The first kappa shape index (κ1) is 14.7. The van der Waals surface area contributed by atoms with E-state index in [2.05, 4.69) is 9.72 Å². The van der Waals surface area contributed by atoms with Gasteiger partial charge in [0.1, 0.15) is 16.9 Å². The van der Waals surface area contributed by atoms with E-state index in [4.69, 9.17) is 4.74 Å². The Balaban J connectivity index is 3.45. The molecular weight excluding hydrogens is 266 g/mol. The van der Waals surface area contributed by atoms with Gasteiger partial charge in [-0.15, -0.1) is 0 Å². The second-order valence-electron chi connectivity index (χ2n) is 3.36. The molecular formula is C10H10F2N2O5. The highest BCUT2D eigenvalue weighted by molar-refractivity contribution is 5.75. The van der Waals surface area contributed by atoms with Crippen molar-refractivity contribution < 1.29 is 28.0 Å². The van der Waals surface area contributed by atoms with E-state index in [0.717, 1.165) is 14.2 Å². The highest BCUT2D eigenvalue weighted by atomic mass is 19.3. The van der Waals surface area contributed by atoms with Crippen molar-refractivity contribution in [2.75, 3.05) is 14.2 Å². The number of hydrogen-bond donors (Lipinski definition) is 0. The van der Waals surface area contributed by atoms with E-state index in [0.29, 0.717) is 6.20 Å². The fourth-order valence-electron chi connectivity index (χ4n) is 1.47. The molecule has 0 N–H and O–H groups in total. The number of ether oxygens (including phenoxy) is 2. The van der Waals surface area contributed by atoms with Crippen LogP contribution in [0.25, 0.3) is 0 Å². The molecule has 0 radical (unpaired) electrons. The van der Waals surface area contributed by atoms with Crippen LogP contribution in [-0.4, -0.2) is 30.1 Å². The van der Waals surface area contributed by atoms with Gasteiger partial charge in [0, 0.05) is 0 Å². The monoisotopic (exact) mass is 276 g/mol. The molecule has 0 spiro atoms. The number of nitro groups is 1. The molecule has 0 aliphatic rings. The Kier molecular flexibility index (Phi) is 4.67. The summed E-state index contributed by atoms with van der Waals surface area (Å²) < 4.78 is 34.6. The summed E-state index contributed by atoms with van der Waals surface area (Å²) in [7, 11) is 2.15. The van der Waals surface area contributed by atoms with Crippen molar-refractivity contribution in [1.29, 1.82) is 0 Å². The molecule has 0 bridgehead atoms. The summed E-state index contributed by atoms with van der Waals surface area (Å²) in [5.41, 5.74) is -0.954. The molecule has 1 heterocycles. The fraction of sp³-hybridized carbons (Fsp3) is 0.400. The predicted molar refractivity (Wildman–Crippen MR) is 58.1 cm³/mol. The number of rotatable bonds is 5. The minimum absolute atomic E-state index is 0.336. The lowest BCUT2D eigenvalue weighted by molar-refractivity contribution is -0.390. The van der Waals surface area contributed by atoms with Crippen LogP contribution in [0.1, 0.15) is 17.6 Å². The number of pyridine rings is 1. The van der Waals surface area contributed by atoms with Crippen LogP contribution in [0, 0.1) is 10.1 Å². The van der Waals surface area contributed by atoms with Gasteiger partial charge in [-0.25, -0.2) is 8.78 Å². The molecule has 1 aromatic rings. The number of alkyl halides is 2. The quantitative estimate of drug-likeness (QED) is 0.461. The smallest absolute Gasteiger partial charge is 0.370 e. The summed E-state index contributed by atoms with van der Waals surface area (Å²) in [6.07, 6.45) is -2.86. The Morgan fingerprint density at radius 1 is 1.53 bits per heavy atom. The maximum absolute atomic E-state index is 12.7. The minimum Gasteiger partial charge on any atom is -0.495 e. The van der Waals surface area contributed by atoms with E-state index in [-0.39, 0.29) is 5.56 Å². The van der Waals surface area contributed by atoms with Crippen LogP contribution in [0.2, 0.25) is 0 Å². The molecule has 9 heteroatoms. The molecule has 0 saturated carbocycles. The SMILES string of the molecule is COC(=O)Cc1c([N+](=O)[O-])ncc(C(F)F)c1OC. The zero-order valence-corrected chi connectivity index (χ0v) is 10.1. The van der Waals surface area contributed by atoms with Crippen LogP contribution in [0.15, 0.2) is 6.20 Å². The molecule has 0 aliphatic carbocycles. The third-order valence-electron chi connectivity index (χ3n) is 2.29. The number of esters is 1. The number of halogens is 2. The van der Waals surface area contributed by atoms with E-state index in [1.54, 1.807) is 0 Å². The first-order chi connectivity index (χ1) is 8.92. The first-order valence-corrected chi connectivity index (χ1v) is 4.97. The zero-order chi connectivity index (χ0) is 14.6. The summed E-state index contributed by atoms with van der Waals surface area (Å²) in [4.78, 5) is 24.4. The minimum atomic E-state index is -2.93. The molecule has 0 amide bonds. The van der Waals surface area contributed by atoms with Gasteiger partial charge in [0.25, 0.3) is 6.43 Å². The van der Waals surface area contributed by atoms with Gasteiger partial charge in [-0.3, -0.25) is 4.79 Å². The van der Waals surface area contributed by atoms with Crippen molar-refractivity contribution in [3.8, 4) is 5.75 Å². The maximum atomic E-state index is 12.7. The molecule has 0 aromatic carbocycles. The zero-order valence-electron chi connectivity index (χ0n) is 10.1. The van der Waals surface area contributed by atoms with Gasteiger partial charge in [0.05, 0.1) is 20.6 Å². The lowest BCUT2D eigenvalue weighted by Crippen LogP contribution is -2.11. The molecule has 1 aromatic heterocycles. The van der Waals surface area contributed by atoms with Crippen molar-refractivity contribution in [2.45, 2.75) is 12.8 Å². The topological polar surface area (TPSA) is 91.6 Å². The van der Waals surface area contributed by atoms with Crippen LogP contribution < -0.4 is 4.74 Å². The molecule has 0 atom stereocenters. The largest absolute Gasteiger partial charge is 0.495 e. The second-order valence-corrected chi connectivity index (χ2v) is 3.36. The van der Waals surface area contributed by atoms with E-state index in [1.807, 2.05) is 0 Å².